The van der Waals surface area contributed by atoms with Crippen molar-refractivity contribution in [2.45, 2.75) is 13.0 Å². The topological polar surface area (TPSA) is 95.1 Å². The normalized spacial score (nSPS) is 11.0. The first-order valence-corrected chi connectivity index (χ1v) is 6.16. The molecule has 122 valence electrons. The zero-order chi connectivity index (χ0) is 14.5. The number of rotatable bonds is 5. The highest BCUT2D eigenvalue weighted by Gasteiger charge is 2.18. The first-order chi connectivity index (χ1) is 9.67. The van der Waals surface area contributed by atoms with Gasteiger partial charge in [0.1, 0.15) is 11.9 Å². The lowest BCUT2D eigenvalue weighted by Crippen LogP contribution is -2.36. The van der Waals surface area contributed by atoms with Crippen molar-refractivity contribution in [2.24, 2.45) is 5.73 Å². The molecule has 3 N–H and O–H groups in total. The van der Waals surface area contributed by atoms with Crippen molar-refractivity contribution in [2.75, 3.05) is 19.0 Å². The molecular formula is C13H19Cl2N5O2. The van der Waals surface area contributed by atoms with E-state index >= 15 is 0 Å². The molecule has 2 aromatic heterocycles. The molecule has 0 radical (unpaired) electrons. The molecule has 0 aliphatic rings. The molecule has 0 aromatic carbocycles. The number of carbonyl (C=O) groups is 1. The zero-order valence-corrected chi connectivity index (χ0v) is 13.9. The van der Waals surface area contributed by atoms with Crippen LogP contribution in [0.3, 0.4) is 0 Å². The Morgan fingerprint density at radius 3 is 2.68 bits per heavy atom. The highest BCUT2D eigenvalue weighted by atomic mass is 35.5. The molecule has 1 amide bonds. The van der Waals surface area contributed by atoms with Crippen LogP contribution >= 0.6 is 24.8 Å². The SMILES string of the molecule is COC(CN)C(=O)Nc1cccnc1-n1ccnc1C.Cl.Cl. The van der Waals surface area contributed by atoms with Crippen molar-refractivity contribution in [3.05, 3.63) is 36.5 Å². The summed E-state index contributed by atoms with van der Waals surface area (Å²) in [5, 5.41) is 2.77. The summed E-state index contributed by atoms with van der Waals surface area (Å²) in [5.74, 6) is 1.08. The third-order valence-electron chi connectivity index (χ3n) is 2.89. The minimum absolute atomic E-state index is 0. The predicted octanol–water partition coefficient (Wildman–Crippen LogP) is 1.33. The lowest BCUT2D eigenvalue weighted by Gasteiger charge is -2.15. The standard InChI is InChI=1S/C13H17N5O2.2ClH/c1-9-15-6-7-18(9)12-10(4-3-5-16-12)17-13(19)11(8-14)20-2;;/h3-7,11H,8,14H2,1-2H3,(H,17,19);2*1H. The lowest BCUT2D eigenvalue weighted by atomic mass is 10.3. The van der Waals surface area contributed by atoms with Gasteiger partial charge in [0.2, 0.25) is 0 Å². The number of nitrogens with two attached hydrogens (primary N) is 1. The van der Waals surface area contributed by atoms with Crippen LogP contribution in [0.2, 0.25) is 0 Å². The number of amides is 1. The summed E-state index contributed by atoms with van der Waals surface area (Å²) < 4.78 is 6.80. The van der Waals surface area contributed by atoms with Gasteiger partial charge in [0.25, 0.3) is 5.91 Å². The quantitative estimate of drug-likeness (QED) is 0.850. The van der Waals surface area contributed by atoms with Crippen molar-refractivity contribution in [1.82, 2.24) is 14.5 Å². The molecule has 1 atom stereocenters. The number of carbonyl (C=O) groups excluding carboxylic acids is 1. The van der Waals surface area contributed by atoms with Gasteiger partial charge in [-0.25, -0.2) is 9.97 Å². The van der Waals surface area contributed by atoms with Crippen LogP contribution in [0.25, 0.3) is 5.82 Å². The number of hydrogen-bond acceptors (Lipinski definition) is 5. The number of hydrogen-bond donors (Lipinski definition) is 2. The van der Waals surface area contributed by atoms with E-state index in [0.29, 0.717) is 11.5 Å². The second kappa shape index (κ2) is 9.37. The maximum Gasteiger partial charge on any atom is 0.254 e. The number of imidazole rings is 1. The van der Waals surface area contributed by atoms with E-state index in [4.69, 9.17) is 10.5 Å². The van der Waals surface area contributed by atoms with Crippen LogP contribution in [0.15, 0.2) is 30.7 Å². The van der Waals surface area contributed by atoms with E-state index in [-0.39, 0.29) is 37.3 Å². The number of methoxy groups -OCH3 is 1. The van der Waals surface area contributed by atoms with Gasteiger partial charge in [-0.05, 0) is 19.1 Å². The van der Waals surface area contributed by atoms with Gasteiger partial charge >= 0.3 is 0 Å². The van der Waals surface area contributed by atoms with E-state index in [0.717, 1.165) is 5.82 Å². The van der Waals surface area contributed by atoms with Gasteiger partial charge in [-0.1, -0.05) is 0 Å². The maximum atomic E-state index is 12.0. The van der Waals surface area contributed by atoms with Crippen LogP contribution in [0.1, 0.15) is 5.82 Å². The lowest BCUT2D eigenvalue weighted by molar-refractivity contribution is -0.125. The molecule has 9 heteroatoms. The molecule has 0 bridgehead atoms. The number of aromatic nitrogens is 3. The zero-order valence-electron chi connectivity index (χ0n) is 12.2. The summed E-state index contributed by atoms with van der Waals surface area (Å²) in [7, 11) is 1.45. The summed E-state index contributed by atoms with van der Waals surface area (Å²) in [6, 6.07) is 3.51. The molecule has 22 heavy (non-hydrogen) atoms. The number of ether oxygens (including phenoxy) is 1. The fraction of sp³-hybridized carbons (Fsp3) is 0.308. The van der Waals surface area contributed by atoms with E-state index in [1.54, 1.807) is 35.3 Å². The molecule has 2 rings (SSSR count). The number of pyridine rings is 1. The van der Waals surface area contributed by atoms with Crippen LogP contribution in [0.4, 0.5) is 5.69 Å². The van der Waals surface area contributed by atoms with Crippen LogP contribution in [0.5, 0.6) is 0 Å². The molecule has 1 unspecified atom stereocenters. The van der Waals surface area contributed by atoms with Crippen molar-refractivity contribution >= 4 is 36.4 Å². The summed E-state index contributed by atoms with van der Waals surface area (Å²) in [6.45, 7) is 1.97. The summed E-state index contributed by atoms with van der Waals surface area (Å²) in [4.78, 5) is 20.4. The molecule has 2 aromatic rings. The Morgan fingerprint density at radius 1 is 1.41 bits per heavy atom. The van der Waals surface area contributed by atoms with Crippen LogP contribution < -0.4 is 11.1 Å². The molecule has 0 saturated heterocycles. The van der Waals surface area contributed by atoms with Crippen LogP contribution in [-0.2, 0) is 9.53 Å². The van der Waals surface area contributed by atoms with Crippen molar-refractivity contribution in [1.29, 1.82) is 0 Å². The van der Waals surface area contributed by atoms with E-state index in [9.17, 15) is 4.79 Å². The third kappa shape index (κ3) is 4.41. The Kier molecular flexibility index (Phi) is 8.66. The Morgan fingerprint density at radius 2 is 2.14 bits per heavy atom. The smallest absolute Gasteiger partial charge is 0.254 e. The number of halogens is 2. The molecule has 2 heterocycles. The molecule has 7 nitrogen and oxygen atoms in total. The van der Waals surface area contributed by atoms with Gasteiger partial charge in [-0.3, -0.25) is 9.36 Å². The van der Waals surface area contributed by atoms with Gasteiger partial charge in [0, 0.05) is 32.2 Å². The minimum atomic E-state index is -0.688. The van der Waals surface area contributed by atoms with Gasteiger partial charge in [0.05, 0.1) is 5.69 Å². The number of aryl methyl sites for hydroxylation is 1. The summed E-state index contributed by atoms with van der Waals surface area (Å²) >= 11 is 0. The van der Waals surface area contributed by atoms with Gasteiger partial charge < -0.3 is 15.8 Å². The van der Waals surface area contributed by atoms with Gasteiger partial charge in [0.15, 0.2) is 5.82 Å². The van der Waals surface area contributed by atoms with E-state index in [2.05, 4.69) is 15.3 Å². The van der Waals surface area contributed by atoms with Crippen LogP contribution in [0, 0.1) is 6.92 Å². The Bertz CT molecular complexity index is 602. The van der Waals surface area contributed by atoms with Gasteiger partial charge in [-0.2, -0.15) is 0 Å². The Labute approximate surface area is 141 Å². The Balaban J connectivity index is 0.00000220. The molecule has 0 aliphatic heterocycles. The first kappa shape index (κ1) is 20.3. The second-order valence-corrected chi connectivity index (χ2v) is 4.17. The first-order valence-electron chi connectivity index (χ1n) is 6.16. The van der Waals surface area contributed by atoms with Crippen molar-refractivity contribution in [3.63, 3.8) is 0 Å². The van der Waals surface area contributed by atoms with Crippen molar-refractivity contribution in [3.8, 4) is 5.82 Å². The van der Waals surface area contributed by atoms with Crippen LogP contribution in [-0.4, -0.2) is 40.2 Å². The highest BCUT2D eigenvalue weighted by molar-refractivity contribution is 5.95. The Hall–Kier alpha value is -1.67. The average molecular weight is 348 g/mol. The maximum absolute atomic E-state index is 12.0. The van der Waals surface area contributed by atoms with E-state index < -0.39 is 6.10 Å². The van der Waals surface area contributed by atoms with Crippen molar-refractivity contribution < 1.29 is 9.53 Å². The summed E-state index contributed by atoms with van der Waals surface area (Å²) in [5.41, 5.74) is 6.06. The molecule has 0 aliphatic carbocycles. The summed E-state index contributed by atoms with van der Waals surface area (Å²) in [6.07, 6.45) is 4.42. The predicted molar refractivity (Wildman–Crippen MR) is 89.1 cm³/mol. The molecule has 0 saturated carbocycles. The molecule has 0 fully saturated rings. The van der Waals surface area contributed by atoms with Gasteiger partial charge in [-0.15, -0.1) is 24.8 Å². The fourth-order valence-corrected chi connectivity index (χ4v) is 1.81. The fourth-order valence-electron chi connectivity index (χ4n) is 1.81. The number of nitrogens with one attached hydrogen (secondary N) is 1. The minimum Gasteiger partial charge on any atom is -0.370 e. The van der Waals surface area contributed by atoms with E-state index in [1.165, 1.54) is 7.11 Å². The average Bonchev–Trinajstić information content (AvgIpc) is 2.87. The molecular weight excluding hydrogens is 329 g/mol. The highest BCUT2D eigenvalue weighted by Crippen LogP contribution is 2.18. The largest absolute Gasteiger partial charge is 0.370 e. The third-order valence-corrected chi connectivity index (χ3v) is 2.89. The molecule has 0 spiro atoms. The number of nitrogens with zero attached hydrogens (tertiary/aromatic N) is 3. The second-order valence-electron chi connectivity index (χ2n) is 4.17. The number of anilines is 1. The monoisotopic (exact) mass is 347 g/mol. The van der Waals surface area contributed by atoms with E-state index in [1.807, 2.05) is 6.92 Å².